The molecule has 6 nitrogen and oxygen atoms in total. The summed E-state index contributed by atoms with van der Waals surface area (Å²) in [6.07, 6.45) is 1.51. The lowest BCUT2D eigenvalue weighted by atomic mass is 10.2. The highest BCUT2D eigenvalue weighted by Gasteiger charge is 2.15. The number of aliphatic carboxylic acids is 1. The molecule has 0 saturated carbocycles. The molecule has 0 aliphatic rings. The van der Waals surface area contributed by atoms with Crippen molar-refractivity contribution in [3.8, 4) is 0 Å². The fourth-order valence-corrected chi connectivity index (χ4v) is 1.15. The van der Waals surface area contributed by atoms with Gasteiger partial charge in [-0.15, -0.1) is 0 Å². The number of carbonyl (C=O) groups excluding carboxylic acids is 1. The van der Waals surface area contributed by atoms with Crippen LogP contribution in [0.3, 0.4) is 0 Å². The fraction of sp³-hybridized carbons (Fsp3) is 0.364. The average Bonchev–Trinajstić information content (AvgIpc) is 2.28. The highest BCUT2D eigenvalue weighted by molar-refractivity contribution is 5.96. The first-order valence-electron chi connectivity index (χ1n) is 5.09. The number of aromatic nitrogens is 1. The zero-order chi connectivity index (χ0) is 13.0. The molecule has 0 bridgehead atoms. The minimum Gasteiger partial charge on any atom is -0.480 e. The van der Waals surface area contributed by atoms with Crippen molar-refractivity contribution in [1.82, 2.24) is 10.3 Å². The van der Waals surface area contributed by atoms with Crippen LogP contribution in [-0.2, 0) is 4.79 Å². The number of hydrogen-bond donors (Lipinski definition) is 2. The first-order chi connectivity index (χ1) is 7.91. The van der Waals surface area contributed by atoms with Crippen LogP contribution in [0.1, 0.15) is 17.3 Å². The molecule has 0 fully saturated rings. The van der Waals surface area contributed by atoms with E-state index in [0.29, 0.717) is 11.4 Å². The fourth-order valence-electron chi connectivity index (χ4n) is 1.15. The molecule has 0 aliphatic heterocycles. The van der Waals surface area contributed by atoms with E-state index in [4.69, 9.17) is 5.11 Å². The van der Waals surface area contributed by atoms with E-state index in [2.05, 4.69) is 10.3 Å². The summed E-state index contributed by atoms with van der Waals surface area (Å²) in [6.45, 7) is 1.41. The van der Waals surface area contributed by atoms with E-state index in [1.54, 1.807) is 11.0 Å². The molecule has 0 aliphatic carbocycles. The van der Waals surface area contributed by atoms with Gasteiger partial charge in [-0.3, -0.25) is 9.59 Å². The topological polar surface area (TPSA) is 82.5 Å². The number of rotatable bonds is 4. The number of carboxylic acid groups (broad SMARTS) is 1. The number of carbonyl (C=O) groups is 2. The first kappa shape index (κ1) is 13.0. The van der Waals surface area contributed by atoms with Crippen molar-refractivity contribution in [3.05, 3.63) is 23.9 Å². The number of nitrogens with zero attached hydrogens (tertiary/aromatic N) is 2. The van der Waals surface area contributed by atoms with Crippen molar-refractivity contribution in [1.29, 1.82) is 0 Å². The van der Waals surface area contributed by atoms with E-state index < -0.39 is 17.9 Å². The molecule has 1 amide bonds. The van der Waals surface area contributed by atoms with Crippen LogP contribution >= 0.6 is 0 Å². The normalized spacial score (nSPS) is 11.7. The van der Waals surface area contributed by atoms with Crippen LogP contribution in [0.4, 0.5) is 5.82 Å². The Balaban J connectivity index is 2.82. The molecule has 6 heteroatoms. The third-order valence-corrected chi connectivity index (χ3v) is 2.18. The Hall–Kier alpha value is -2.11. The Morgan fingerprint density at radius 1 is 1.47 bits per heavy atom. The molecule has 1 rings (SSSR count). The summed E-state index contributed by atoms with van der Waals surface area (Å²) in [6, 6.07) is 2.22. The van der Waals surface area contributed by atoms with Gasteiger partial charge >= 0.3 is 5.97 Å². The highest BCUT2D eigenvalue weighted by Crippen LogP contribution is 2.09. The second-order valence-corrected chi connectivity index (χ2v) is 3.83. The van der Waals surface area contributed by atoms with Crippen LogP contribution in [0.25, 0.3) is 0 Å². The Bertz CT molecular complexity index is 432. The zero-order valence-corrected chi connectivity index (χ0v) is 9.97. The summed E-state index contributed by atoms with van der Waals surface area (Å²) in [4.78, 5) is 28.1. The Morgan fingerprint density at radius 3 is 2.65 bits per heavy atom. The Kier molecular flexibility index (Phi) is 4.03. The number of pyridine rings is 1. The van der Waals surface area contributed by atoms with Crippen LogP contribution < -0.4 is 10.2 Å². The summed E-state index contributed by atoms with van der Waals surface area (Å²) in [5.74, 6) is -0.855. The van der Waals surface area contributed by atoms with Gasteiger partial charge in [0.15, 0.2) is 0 Å². The molecule has 2 N–H and O–H groups in total. The minimum absolute atomic E-state index is 0.386. The summed E-state index contributed by atoms with van der Waals surface area (Å²) < 4.78 is 0. The lowest BCUT2D eigenvalue weighted by Gasteiger charge is -2.13. The number of nitrogens with one attached hydrogen (secondary N) is 1. The van der Waals surface area contributed by atoms with Gasteiger partial charge in [-0.05, 0) is 19.1 Å². The molecule has 0 saturated heterocycles. The van der Waals surface area contributed by atoms with Gasteiger partial charge in [0.05, 0.1) is 0 Å². The van der Waals surface area contributed by atoms with Crippen molar-refractivity contribution in [2.24, 2.45) is 0 Å². The number of anilines is 1. The quantitative estimate of drug-likeness (QED) is 0.789. The maximum atomic E-state index is 11.7. The zero-order valence-electron chi connectivity index (χ0n) is 9.97. The maximum absolute atomic E-state index is 11.7. The van der Waals surface area contributed by atoms with E-state index in [0.717, 1.165) is 0 Å². The largest absolute Gasteiger partial charge is 0.480 e. The first-order valence-corrected chi connectivity index (χ1v) is 5.09. The molecule has 92 valence electrons. The lowest BCUT2D eigenvalue weighted by Crippen LogP contribution is -2.38. The van der Waals surface area contributed by atoms with E-state index in [9.17, 15) is 9.59 Å². The molecule has 1 aromatic heterocycles. The van der Waals surface area contributed by atoms with Crippen molar-refractivity contribution in [2.45, 2.75) is 13.0 Å². The highest BCUT2D eigenvalue weighted by atomic mass is 16.4. The van der Waals surface area contributed by atoms with Crippen LogP contribution in [0.5, 0.6) is 0 Å². The average molecular weight is 237 g/mol. The summed E-state index contributed by atoms with van der Waals surface area (Å²) in [5, 5.41) is 11.1. The van der Waals surface area contributed by atoms with E-state index in [1.165, 1.54) is 19.2 Å². The predicted molar refractivity (Wildman–Crippen MR) is 63.1 cm³/mol. The van der Waals surface area contributed by atoms with Gasteiger partial charge in [-0.2, -0.15) is 0 Å². The van der Waals surface area contributed by atoms with Crippen molar-refractivity contribution in [2.75, 3.05) is 19.0 Å². The molecule has 1 atom stereocenters. The minimum atomic E-state index is -1.07. The van der Waals surface area contributed by atoms with Gasteiger partial charge in [0.1, 0.15) is 11.9 Å². The van der Waals surface area contributed by atoms with Gasteiger partial charge in [0, 0.05) is 25.9 Å². The maximum Gasteiger partial charge on any atom is 0.325 e. The van der Waals surface area contributed by atoms with Gasteiger partial charge in [0.25, 0.3) is 5.91 Å². The smallest absolute Gasteiger partial charge is 0.325 e. The van der Waals surface area contributed by atoms with Crippen LogP contribution in [-0.4, -0.2) is 42.1 Å². The molecule has 1 heterocycles. The van der Waals surface area contributed by atoms with Gasteiger partial charge in [-0.25, -0.2) is 4.98 Å². The number of hydrogen-bond acceptors (Lipinski definition) is 4. The number of carboxylic acids is 1. The van der Waals surface area contributed by atoms with Gasteiger partial charge in [0.2, 0.25) is 0 Å². The van der Waals surface area contributed by atoms with Gasteiger partial charge in [-0.1, -0.05) is 0 Å². The molecular weight excluding hydrogens is 222 g/mol. The van der Waals surface area contributed by atoms with Crippen molar-refractivity contribution < 1.29 is 14.7 Å². The Labute approximate surface area is 99.3 Å². The summed E-state index contributed by atoms with van der Waals surface area (Å²) >= 11 is 0. The Morgan fingerprint density at radius 2 is 2.12 bits per heavy atom. The molecule has 0 aromatic carbocycles. The summed E-state index contributed by atoms with van der Waals surface area (Å²) in [7, 11) is 3.62. The second-order valence-electron chi connectivity index (χ2n) is 3.83. The van der Waals surface area contributed by atoms with E-state index >= 15 is 0 Å². The van der Waals surface area contributed by atoms with E-state index in [1.807, 2.05) is 14.1 Å². The molecular formula is C11H15N3O3. The monoisotopic (exact) mass is 237 g/mol. The van der Waals surface area contributed by atoms with Crippen molar-refractivity contribution >= 4 is 17.7 Å². The SMILES string of the molecule is C[C@H](NC(=O)c1ccnc(N(C)C)c1)C(=O)O. The second kappa shape index (κ2) is 5.29. The summed E-state index contributed by atoms with van der Waals surface area (Å²) in [5.41, 5.74) is 0.386. The third kappa shape index (κ3) is 3.44. The molecule has 0 radical (unpaired) electrons. The number of amides is 1. The standard InChI is InChI=1S/C11H15N3O3/c1-7(11(16)17)13-10(15)8-4-5-12-9(6-8)14(2)3/h4-7H,1-3H3,(H,13,15)(H,16,17)/t7-/m0/s1. The molecule has 1 aromatic rings. The van der Waals surface area contributed by atoms with Crippen molar-refractivity contribution in [3.63, 3.8) is 0 Å². The lowest BCUT2D eigenvalue weighted by molar-refractivity contribution is -0.138. The molecule has 0 unspecified atom stereocenters. The van der Waals surface area contributed by atoms with E-state index in [-0.39, 0.29) is 0 Å². The third-order valence-electron chi connectivity index (χ3n) is 2.18. The molecule has 0 spiro atoms. The predicted octanol–water partition coefficient (Wildman–Crippen LogP) is 0.350. The van der Waals surface area contributed by atoms with Crippen LogP contribution in [0, 0.1) is 0 Å². The van der Waals surface area contributed by atoms with Crippen LogP contribution in [0.2, 0.25) is 0 Å². The van der Waals surface area contributed by atoms with Crippen LogP contribution in [0.15, 0.2) is 18.3 Å². The van der Waals surface area contributed by atoms with Gasteiger partial charge < -0.3 is 15.3 Å². The molecule has 17 heavy (non-hydrogen) atoms.